The average molecular weight is 267 g/mol. The summed E-state index contributed by atoms with van der Waals surface area (Å²) in [5.41, 5.74) is 0. The third-order valence-electron chi connectivity index (χ3n) is 3.27. The third-order valence-corrected chi connectivity index (χ3v) is 4.42. The van der Waals surface area contributed by atoms with E-state index in [1.165, 1.54) is 4.88 Å². The highest BCUT2D eigenvalue weighted by Gasteiger charge is 2.22. The molecule has 1 aromatic heterocycles. The van der Waals surface area contributed by atoms with Crippen LogP contribution in [-0.4, -0.2) is 34.9 Å². The van der Waals surface area contributed by atoms with E-state index >= 15 is 0 Å². The highest BCUT2D eigenvalue weighted by molar-refractivity contribution is 7.11. The predicted octanol–water partition coefficient (Wildman–Crippen LogP) is 1.81. The van der Waals surface area contributed by atoms with Crippen LogP contribution in [0.15, 0.2) is 6.20 Å². The topological polar surface area (TPSA) is 45.2 Å². The first-order chi connectivity index (χ1) is 8.70. The van der Waals surface area contributed by atoms with Crippen molar-refractivity contribution in [2.24, 2.45) is 0 Å². The lowest BCUT2D eigenvalue weighted by Crippen LogP contribution is -2.43. The van der Waals surface area contributed by atoms with Crippen molar-refractivity contribution in [3.05, 3.63) is 16.1 Å². The Morgan fingerprint density at radius 1 is 1.56 bits per heavy atom. The smallest absolute Gasteiger partial charge is 0.239 e. The van der Waals surface area contributed by atoms with Gasteiger partial charge >= 0.3 is 0 Å². The van der Waals surface area contributed by atoms with Gasteiger partial charge in [0, 0.05) is 30.7 Å². The highest BCUT2D eigenvalue weighted by Crippen LogP contribution is 2.14. The van der Waals surface area contributed by atoms with Crippen LogP contribution in [0.3, 0.4) is 0 Å². The van der Waals surface area contributed by atoms with Crippen LogP contribution in [0.4, 0.5) is 0 Å². The second-order valence-corrected chi connectivity index (χ2v) is 5.91. The maximum atomic E-state index is 12.1. The summed E-state index contributed by atoms with van der Waals surface area (Å²) in [6, 6.07) is -0.102. The molecule has 18 heavy (non-hydrogen) atoms. The summed E-state index contributed by atoms with van der Waals surface area (Å²) in [5.74, 6) is 0.229. The molecule has 0 spiro atoms. The number of aromatic nitrogens is 1. The van der Waals surface area contributed by atoms with Crippen LogP contribution in [-0.2, 0) is 17.8 Å². The summed E-state index contributed by atoms with van der Waals surface area (Å²) < 4.78 is 0. The molecule has 1 atom stereocenters. The Balaban J connectivity index is 1.80. The number of rotatable bonds is 5. The normalized spacial score (nSPS) is 17.1. The minimum Gasteiger partial charge on any atom is -0.341 e. The Kier molecular flexibility index (Phi) is 4.72. The zero-order valence-corrected chi connectivity index (χ0v) is 11.9. The molecule has 0 radical (unpaired) electrons. The van der Waals surface area contributed by atoms with Gasteiger partial charge in [-0.05, 0) is 26.2 Å². The van der Waals surface area contributed by atoms with Gasteiger partial charge in [-0.15, -0.1) is 11.3 Å². The van der Waals surface area contributed by atoms with E-state index in [1.807, 2.05) is 18.0 Å². The molecular weight excluding hydrogens is 246 g/mol. The predicted molar refractivity (Wildman–Crippen MR) is 73.6 cm³/mol. The number of likely N-dealkylation sites (tertiary alicyclic amines) is 1. The van der Waals surface area contributed by atoms with Gasteiger partial charge in [0.1, 0.15) is 0 Å². The van der Waals surface area contributed by atoms with E-state index < -0.39 is 0 Å². The van der Waals surface area contributed by atoms with E-state index in [4.69, 9.17) is 0 Å². The van der Waals surface area contributed by atoms with Gasteiger partial charge in [-0.3, -0.25) is 4.79 Å². The second-order valence-electron chi connectivity index (χ2n) is 4.71. The SMILES string of the molecule is CCc1ncc(CNC(C)C(=O)N2CCCC2)s1. The summed E-state index contributed by atoms with van der Waals surface area (Å²) in [7, 11) is 0. The zero-order valence-electron chi connectivity index (χ0n) is 11.1. The number of nitrogens with one attached hydrogen (secondary N) is 1. The molecule has 4 nitrogen and oxygen atoms in total. The minimum absolute atomic E-state index is 0.102. The fourth-order valence-electron chi connectivity index (χ4n) is 2.15. The maximum Gasteiger partial charge on any atom is 0.239 e. The standard InChI is InChI=1S/C13H21N3OS/c1-3-12-15-9-11(18-12)8-14-10(2)13(17)16-6-4-5-7-16/h9-10,14H,3-8H2,1-2H3. The molecular formula is C13H21N3OS. The van der Waals surface area contributed by atoms with Crippen LogP contribution in [0.1, 0.15) is 36.6 Å². The number of carbonyl (C=O) groups is 1. The number of nitrogens with zero attached hydrogens (tertiary/aromatic N) is 2. The Labute approximate surface area is 112 Å². The van der Waals surface area contributed by atoms with Gasteiger partial charge in [-0.2, -0.15) is 0 Å². The molecule has 1 aliphatic heterocycles. The third kappa shape index (κ3) is 3.29. The van der Waals surface area contributed by atoms with Gasteiger partial charge in [0.15, 0.2) is 0 Å². The quantitative estimate of drug-likeness (QED) is 0.885. The Hall–Kier alpha value is -0.940. The first kappa shape index (κ1) is 13.5. The van der Waals surface area contributed by atoms with Crippen molar-refractivity contribution in [2.45, 2.75) is 45.7 Å². The largest absolute Gasteiger partial charge is 0.341 e. The van der Waals surface area contributed by atoms with Crippen molar-refractivity contribution in [2.75, 3.05) is 13.1 Å². The molecule has 0 saturated carbocycles. The van der Waals surface area contributed by atoms with Crippen molar-refractivity contribution >= 4 is 17.2 Å². The highest BCUT2D eigenvalue weighted by atomic mass is 32.1. The fourth-order valence-corrected chi connectivity index (χ4v) is 2.96. The lowest BCUT2D eigenvalue weighted by Gasteiger charge is -2.20. The number of amides is 1. The lowest BCUT2D eigenvalue weighted by molar-refractivity contribution is -0.131. The van der Waals surface area contributed by atoms with Gasteiger partial charge in [-0.1, -0.05) is 6.92 Å². The molecule has 1 aromatic rings. The maximum absolute atomic E-state index is 12.1. The summed E-state index contributed by atoms with van der Waals surface area (Å²) in [4.78, 5) is 19.6. The van der Waals surface area contributed by atoms with Gasteiger partial charge in [0.2, 0.25) is 5.91 Å². The molecule has 2 heterocycles. The van der Waals surface area contributed by atoms with Crippen LogP contribution in [0, 0.1) is 0 Å². The molecule has 0 aliphatic carbocycles. The fraction of sp³-hybridized carbons (Fsp3) is 0.692. The molecule has 1 saturated heterocycles. The number of hydrogen-bond donors (Lipinski definition) is 1. The van der Waals surface area contributed by atoms with Crippen molar-refractivity contribution in [3.8, 4) is 0 Å². The van der Waals surface area contributed by atoms with Crippen LogP contribution in [0.25, 0.3) is 0 Å². The molecule has 1 aliphatic rings. The number of carbonyl (C=O) groups excluding carboxylic acids is 1. The van der Waals surface area contributed by atoms with Crippen molar-refractivity contribution in [3.63, 3.8) is 0 Å². The van der Waals surface area contributed by atoms with Gasteiger partial charge in [-0.25, -0.2) is 4.98 Å². The molecule has 1 unspecified atom stereocenters. The van der Waals surface area contributed by atoms with Crippen LogP contribution < -0.4 is 5.32 Å². The molecule has 5 heteroatoms. The molecule has 100 valence electrons. The first-order valence-corrected chi connectivity index (χ1v) is 7.48. The minimum atomic E-state index is -0.102. The average Bonchev–Trinajstić information content (AvgIpc) is 3.05. The van der Waals surface area contributed by atoms with Crippen molar-refractivity contribution < 1.29 is 4.79 Å². The van der Waals surface area contributed by atoms with Gasteiger partial charge < -0.3 is 10.2 Å². The molecule has 2 rings (SSSR count). The van der Waals surface area contributed by atoms with Gasteiger partial charge in [0.25, 0.3) is 0 Å². The summed E-state index contributed by atoms with van der Waals surface area (Å²) in [6.45, 7) is 6.63. The molecule has 1 fully saturated rings. The number of hydrogen-bond acceptors (Lipinski definition) is 4. The van der Waals surface area contributed by atoms with E-state index in [0.717, 1.165) is 43.9 Å². The number of aryl methyl sites for hydroxylation is 1. The zero-order chi connectivity index (χ0) is 13.0. The van der Waals surface area contributed by atoms with E-state index in [-0.39, 0.29) is 11.9 Å². The molecule has 0 aromatic carbocycles. The monoisotopic (exact) mass is 267 g/mol. The van der Waals surface area contributed by atoms with E-state index in [9.17, 15) is 4.79 Å². The van der Waals surface area contributed by atoms with E-state index in [2.05, 4.69) is 17.2 Å². The Morgan fingerprint density at radius 2 is 2.28 bits per heavy atom. The molecule has 1 amide bonds. The van der Waals surface area contributed by atoms with Gasteiger partial charge in [0.05, 0.1) is 11.0 Å². The number of thiazole rings is 1. The second kappa shape index (κ2) is 6.29. The van der Waals surface area contributed by atoms with E-state index in [1.54, 1.807) is 11.3 Å². The molecule has 1 N–H and O–H groups in total. The summed E-state index contributed by atoms with van der Waals surface area (Å²) in [6.07, 6.45) is 5.18. The van der Waals surface area contributed by atoms with E-state index in [0.29, 0.717) is 0 Å². The summed E-state index contributed by atoms with van der Waals surface area (Å²) in [5, 5.41) is 4.45. The van der Waals surface area contributed by atoms with Crippen molar-refractivity contribution in [1.29, 1.82) is 0 Å². The lowest BCUT2D eigenvalue weighted by atomic mass is 10.3. The summed E-state index contributed by atoms with van der Waals surface area (Å²) >= 11 is 1.72. The molecule has 0 bridgehead atoms. The first-order valence-electron chi connectivity index (χ1n) is 6.66. The Bertz CT molecular complexity index is 399. The van der Waals surface area contributed by atoms with Crippen LogP contribution in [0.2, 0.25) is 0 Å². The Morgan fingerprint density at radius 3 is 2.89 bits per heavy atom. The van der Waals surface area contributed by atoms with Crippen LogP contribution >= 0.6 is 11.3 Å². The van der Waals surface area contributed by atoms with Crippen LogP contribution in [0.5, 0.6) is 0 Å². The van der Waals surface area contributed by atoms with Crippen molar-refractivity contribution in [1.82, 2.24) is 15.2 Å².